The lowest BCUT2D eigenvalue weighted by atomic mass is 9.78. The lowest BCUT2D eigenvalue weighted by Crippen LogP contribution is -2.45. The molecule has 1 aliphatic heterocycles. The van der Waals surface area contributed by atoms with Gasteiger partial charge in [-0.05, 0) is 23.3 Å². The van der Waals surface area contributed by atoms with Gasteiger partial charge >= 0.3 is 0 Å². The first kappa shape index (κ1) is 18.3. The van der Waals surface area contributed by atoms with E-state index in [0.29, 0.717) is 23.5 Å². The molecule has 1 aliphatic carbocycles. The van der Waals surface area contributed by atoms with Crippen molar-refractivity contribution in [1.29, 1.82) is 0 Å². The van der Waals surface area contributed by atoms with Crippen molar-refractivity contribution in [3.63, 3.8) is 0 Å². The van der Waals surface area contributed by atoms with Gasteiger partial charge in [-0.2, -0.15) is 0 Å². The average molecular weight is 380 g/mol. The molecule has 4 rings (SSSR count). The molecule has 0 radical (unpaired) electrons. The van der Waals surface area contributed by atoms with Gasteiger partial charge in [0.15, 0.2) is 0 Å². The number of nitrogens with one attached hydrogen (secondary N) is 2. The van der Waals surface area contributed by atoms with Crippen molar-refractivity contribution in [3.05, 3.63) is 58.7 Å². The molecule has 6 heteroatoms. The predicted molar refractivity (Wildman–Crippen MR) is 105 cm³/mol. The Morgan fingerprint density at radius 2 is 1.93 bits per heavy atom. The van der Waals surface area contributed by atoms with Gasteiger partial charge in [-0.15, -0.1) is 0 Å². The van der Waals surface area contributed by atoms with Gasteiger partial charge in [0.25, 0.3) is 5.91 Å². The van der Waals surface area contributed by atoms with Crippen LogP contribution in [0.5, 0.6) is 11.5 Å². The zero-order chi connectivity index (χ0) is 20.1. The Hall–Kier alpha value is -3.02. The van der Waals surface area contributed by atoms with E-state index in [1.54, 1.807) is 14.2 Å². The Labute approximate surface area is 164 Å². The van der Waals surface area contributed by atoms with Crippen molar-refractivity contribution in [1.82, 2.24) is 10.6 Å². The number of amides is 2. The molecule has 2 aromatic carbocycles. The number of hydrogen-bond acceptors (Lipinski definition) is 4. The molecule has 2 aliphatic rings. The molecule has 0 saturated heterocycles. The Morgan fingerprint density at radius 1 is 1.18 bits per heavy atom. The monoisotopic (exact) mass is 380 g/mol. The molecule has 3 atom stereocenters. The molecule has 0 fully saturated rings. The van der Waals surface area contributed by atoms with E-state index >= 15 is 0 Å². The topological polar surface area (TPSA) is 76.7 Å². The summed E-state index contributed by atoms with van der Waals surface area (Å²) in [5.41, 5.74) is 2.60. The summed E-state index contributed by atoms with van der Waals surface area (Å²) in [5, 5.41) is 6.36. The molecule has 2 amide bonds. The van der Waals surface area contributed by atoms with E-state index in [2.05, 4.69) is 17.6 Å². The number of methoxy groups -OCH3 is 2. The van der Waals surface area contributed by atoms with Crippen LogP contribution < -0.4 is 20.1 Å². The number of rotatable bonds is 4. The SMILES string of the molecule is CCC(=O)N[C@@H]1c2c(OC)cc(OC)cc2[C@@]2(NC(=O)c3ccccc32)[C@H]1C. The fourth-order valence-corrected chi connectivity index (χ4v) is 4.66. The molecule has 1 spiro atoms. The van der Waals surface area contributed by atoms with E-state index in [4.69, 9.17) is 9.47 Å². The molecular weight excluding hydrogens is 356 g/mol. The van der Waals surface area contributed by atoms with Crippen molar-refractivity contribution < 1.29 is 19.1 Å². The third-order valence-corrected chi connectivity index (χ3v) is 6.03. The summed E-state index contributed by atoms with van der Waals surface area (Å²) in [6, 6.07) is 11.1. The summed E-state index contributed by atoms with van der Waals surface area (Å²) in [4.78, 5) is 25.1. The van der Waals surface area contributed by atoms with Crippen molar-refractivity contribution >= 4 is 11.8 Å². The summed E-state index contributed by atoms with van der Waals surface area (Å²) in [7, 11) is 3.20. The standard InChI is InChI=1S/C22H24N2O4/c1-5-18(25)23-20-12(2)22(15-9-7-6-8-14(15)21(26)24-22)16-10-13(27-3)11-17(28-4)19(16)20/h6-12,20H,5H2,1-4H3,(H,23,25)(H,24,26)/t12-,20-,22+/m0/s1. The highest BCUT2D eigenvalue weighted by atomic mass is 16.5. The molecule has 1 heterocycles. The fourth-order valence-electron chi connectivity index (χ4n) is 4.66. The Balaban J connectivity index is 2.01. The maximum atomic E-state index is 12.8. The van der Waals surface area contributed by atoms with Gasteiger partial charge in [0.2, 0.25) is 5.91 Å². The Bertz CT molecular complexity index is 971. The molecule has 2 aromatic rings. The third kappa shape index (κ3) is 2.33. The molecule has 6 nitrogen and oxygen atoms in total. The second kappa shape index (κ2) is 6.55. The van der Waals surface area contributed by atoms with Crippen LogP contribution in [0.1, 0.15) is 53.4 Å². The number of benzene rings is 2. The molecule has 0 aromatic heterocycles. The highest BCUT2D eigenvalue weighted by Gasteiger charge is 2.57. The van der Waals surface area contributed by atoms with Gasteiger partial charge < -0.3 is 20.1 Å². The van der Waals surface area contributed by atoms with Crippen LogP contribution in [0.25, 0.3) is 0 Å². The Morgan fingerprint density at radius 3 is 2.61 bits per heavy atom. The highest BCUT2D eigenvalue weighted by molar-refractivity contribution is 6.01. The second-order valence-corrected chi connectivity index (χ2v) is 7.29. The molecular formula is C22H24N2O4. The maximum absolute atomic E-state index is 12.8. The minimum absolute atomic E-state index is 0.0460. The quantitative estimate of drug-likeness (QED) is 0.855. The van der Waals surface area contributed by atoms with Crippen molar-refractivity contribution in [2.24, 2.45) is 5.92 Å². The van der Waals surface area contributed by atoms with Gasteiger partial charge in [0.1, 0.15) is 11.5 Å². The number of ether oxygens (including phenoxy) is 2. The van der Waals surface area contributed by atoms with Crippen molar-refractivity contribution in [2.75, 3.05) is 14.2 Å². The molecule has 0 saturated carbocycles. The normalized spacial score (nSPS) is 24.5. The van der Waals surface area contributed by atoms with Crippen LogP contribution in [-0.2, 0) is 10.3 Å². The van der Waals surface area contributed by atoms with Gasteiger partial charge in [-0.1, -0.05) is 32.0 Å². The van der Waals surface area contributed by atoms with Crippen LogP contribution in [-0.4, -0.2) is 26.0 Å². The first-order valence-electron chi connectivity index (χ1n) is 9.45. The van der Waals surface area contributed by atoms with Crippen LogP contribution in [0, 0.1) is 5.92 Å². The average Bonchev–Trinajstić information content (AvgIpc) is 3.15. The van der Waals surface area contributed by atoms with E-state index in [0.717, 1.165) is 16.7 Å². The van der Waals surface area contributed by atoms with Crippen molar-refractivity contribution in [2.45, 2.75) is 31.8 Å². The summed E-state index contributed by atoms with van der Waals surface area (Å²) >= 11 is 0. The fraction of sp³-hybridized carbons (Fsp3) is 0.364. The zero-order valence-corrected chi connectivity index (χ0v) is 16.5. The minimum atomic E-state index is -0.753. The zero-order valence-electron chi connectivity index (χ0n) is 16.5. The number of fused-ring (bicyclic) bond motifs is 4. The van der Waals surface area contributed by atoms with Crippen molar-refractivity contribution in [3.8, 4) is 11.5 Å². The van der Waals surface area contributed by atoms with E-state index < -0.39 is 5.54 Å². The molecule has 2 N–H and O–H groups in total. The number of hydrogen-bond donors (Lipinski definition) is 2. The summed E-state index contributed by atoms with van der Waals surface area (Å²) < 4.78 is 11.2. The first-order chi connectivity index (χ1) is 13.5. The lowest BCUT2D eigenvalue weighted by molar-refractivity contribution is -0.121. The minimum Gasteiger partial charge on any atom is -0.497 e. The molecule has 0 bridgehead atoms. The van der Waals surface area contributed by atoms with E-state index in [-0.39, 0.29) is 23.8 Å². The van der Waals surface area contributed by atoms with Gasteiger partial charge in [-0.3, -0.25) is 9.59 Å². The van der Waals surface area contributed by atoms with Gasteiger partial charge in [-0.25, -0.2) is 0 Å². The van der Waals surface area contributed by atoms with Gasteiger partial charge in [0.05, 0.1) is 25.8 Å². The second-order valence-electron chi connectivity index (χ2n) is 7.29. The van der Waals surface area contributed by atoms with E-state index in [1.165, 1.54) is 0 Å². The first-order valence-corrected chi connectivity index (χ1v) is 9.45. The predicted octanol–water partition coefficient (Wildman–Crippen LogP) is 2.91. The number of carbonyl (C=O) groups excluding carboxylic acids is 2. The summed E-state index contributed by atoms with van der Waals surface area (Å²) in [6.07, 6.45) is 0.382. The van der Waals surface area contributed by atoms with E-state index in [1.807, 2.05) is 43.3 Å². The molecule has 146 valence electrons. The molecule has 0 unspecified atom stereocenters. The Kier molecular flexibility index (Phi) is 4.29. The highest BCUT2D eigenvalue weighted by Crippen LogP contribution is 2.57. The summed E-state index contributed by atoms with van der Waals surface area (Å²) in [6.45, 7) is 3.87. The largest absolute Gasteiger partial charge is 0.497 e. The third-order valence-electron chi connectivity index (χ3n) is 6.03. The van der Waals surface area contributed by atoms with Crippen LogP contribution in [0.3, 0.4) is 0 Å². The molecule has 28 heavy (non-hydrogen) atoms. The maximum Gasteiger partial charge on any atom is 0.252 e. The smallest absolute Gasteiger partial charge is 0.252 e. The van der Waals surface area contributed by atoms with Crippen LogP contribution in [0.15, 0.2) is 36.4 Å². The lowest BCUT2D eigenvalue weighted by Gasteiger charge is -2.33. The van der Waals surface area contributed by atoms with Crippen LogP contribution in [0.4, 0.5) is 0 Å². The van der Waals surface area contributed by atoms with Gasteiger partial charge in [0, 0.05) is 29.5 Å². The van der Waals surface area contributed by atoms with E-state index in [9.17, 15) is 9.59 Å². The number of carbonyl (C=O) groups is 2. The summed E-state index contributed by atoms with van der Waals surface area (Å²) in [5.74, 6) is 1.00. The van der Waals surface area contributed by atoms with Crippen LogP contribution >= 0.6 is 0 Å². The van der Waals surface area contributed by atoms with Crippen LogP contribution in [0.2, 0.25) is 0 Å².